The van der Waals surface area contributed by atoms with Gasteiger partial charge in [0.25, 0.3) is 5.91 Å². The van der Waals surface area contributed by atoms with Gasteiger partial charge in [-0.25, -0.2) is 0 Å². The molecule has 1 saturated carbocycles. The third-order valence-electron chi connectivity index (χ3n) is 11.1. The molecule has 0 spiro atoms. The van der Waals surface area contributed by atoms with Crippen molar-refractivity contribution in [3.63, 3.8) is 0 Å². The van der Waals surface area contributed by atoms with Crippen molar-refractivity contribution in [2.75, 3.05) is 45.9 Å². The maximum absolute atomic E-state index is 12.8. The highest BCUT2D eigenvalue weighted by Gasteiger charge is 2.54. The van der Waals surface area contributed by atoms with Crippen molar-refractivity contribution < 1.29 is 74.1 Å². The van der Waals surface area contributed by atoms with E-state index in [0.717, 1.165) is 0 Å². The predicted molar refractivity (Wildman–Crippen MR) is 191 cm³/mol. The highest BCUT2D eigenvalue weighted by molar-refractivity contribution is 5.81. The molecule has 1 aliphatic carbocycles. The Kier molecular flexibility index (Phi) is 16.3. The van der Waals surface area contributed by atoms with E-state index in [9.17, 15) is 45.6 Å². The van der Waals surface area contributed by atoms with Gasteiger partial charge in [0.2, 0.25) is 0 Å². The van der Waals surface area contributed by atoms with Crippen molar-refractivity contribution in [1.82, 2.24) is 16.0 Å². The van der Waals surface area contributed by atoms with E-state index in [-0.39, 0.29) is 13.0 Å². The molecule has 0 aromatic rings. The minimum absolute atomic E-state index is 0.133. The lowest BCUT2D eigenvalue weighted by atomic mass is 9.83. The molecular formula is C33H62N8O15. The second-order valence-corrected chi connectivity index (χ2v) is 15.2. The maximum Gasteiger partial charge on any atom is 0.251 e. The van der Waals surface area contributed by atoms with Crippen LogP contribution >= 0.6 is 0 Å². The fourth-order valence-corrected chi connectivity index (χ4v) is 7.56. The summed E-state index contributed by atoms with van der Waals surface area (Å²) in [7, 11) is 0. The Balaban J connectivity index is 1.32. The molecule has 4 aliphatic heterocycles. The molecule has 0 aromatic carbocycles. The molecule has 21 N–H and O–H groups in total. The Morgan fingerprint density at radius 3 is 2.18 bits per heavy atom. The molecule has 1 unspecified atom stereocenters. The molecule has 0 radical (unpaired) electrons. The average molecular weight is 811 g/mol. The second-order valence-electron chi connectivity index (χ2n) is 15.2. The molecule has 5 rings (SSSR count). The fraction of sp³-hybridized carbons (Fsp3) is 0.909. The first-order valence-electron chi connectivity index (χ1n) is 19.0. The Hall–Kier alpha value is -1.63. The number of hydrogen-bond donors (Lipinski definition) is 16. The summed E-state index contributed by atoms with van der Waals surface area (Å²) in [6, 6.07) is -4.33. The van der Waals surface area contributed by atoms with Crippen LogP contribution in [0.15, 0.2) is 12.2 Å². The molecule has 5 aliphatic rings. The number of carbonyl (C=O) groups excluding carboxylic acids is 1. The lowest BCUT2D eigenvalue weighted by Gasteiger charge is -2.46. The lowest BCUT2D eigenvalue weighted by molar-refractivity contribution is -0.284. The van der Waals surface area contributed by atoms with Crippen molar-refractivity contribution in [3.05, 3.63) is 12.2 Å². The number of ether oxygens (including phenoxy) is 6. The van der Waals surface area contributed by atoms with Gasteiger partial charge < -0.3 is 114 Å². The zero-order chi connectivity index (χ0) is 40.9. The molecular weight excluding hydrogens is 748 g/mol. The van der Waals surface area contributed by atoms with Gasteiger partial charge in [-0.1, -0.05) is 12.2 Å². The molecule has 56 heavy (non-hydrogen) atoms. The van der Waals surface area contributed by atoms with Gasteiger partial charge in [0.05, 0.1) is 36.4 Å². The van der Waals surface area contributed by atoms with E-state index >= 15 is 0 Å². The van der Waals surface area contributed by atoms with Crippen molar-refractivity contribution in [3.8, 4) is 0 Å². The van der Waals surface area contributed by atoms with Gasteiger partial charge in [0.1, 0.15) is 61.0 Å². The minimum atomic E-state index is -1.94. The van der Waals surface area contributed by atoms with Crippen molar-refractivity contribution in [2.45, 2.75) is 141 Å². The molecule has 3 saturated heterocycles. The topological polar surface area (TPSA) is 400 Å². The van der Waals surface area contributed by atoms with E-state index in [4.69, 9.17) is 57.1 Å². The van der Waals surface area contributed by atoms with E-state index in [0.29, 0.717) is 39.0 Å². The number of nitrogens with one attached hydrogen (secondary N) is 3. The normalized spacial score (nSPS) is 44.0. The van der Waals surface area contributed by atoms with Gasteiger partial charge in [-0.3, -0.25) is 4.79 Å². The molecule has 23 heteroatoms. The standard InChI is InChI=1S/C33H62N8O15/c34-8-17(43)22(45)29(49)41-16-7-15(37)26(54-30-14(36)2-1-13(51-30)10-40-12-33(50)3-5-39-6-4-33)28(21(16)44)56-32-25(48)27(19(11-42)53-32)55-31-20(38)24(47)23(46)18(9-35)52-31/h1-2,13-28,30-32,39-40,42-48,50H,3-12,34-38H2,(H,41,49)/t13-,14+,15-,16+,17+,18-,19+,20+,21-,22?,23+,24+,25+,26+,27+,28+,30+,31+,32-/m0/s1. The van der Waals surface area contributed by atoms with E-state index in [1.165, 1.54) is 0 Å². The van der Waals surface area contributed by atoms with Crippen LogP contribution in [0.1, 0.15) is 19.3 Å². The van der Waals surface area contributed by atoms with Crippen LogP contribution in [0.4, 0.5) is 0 Å². The SMILES string of the molecule is NC[C@@H](O)C(O)C(=O)N[C@@H]1C[C@H](N)[C@@H](O[C@H]2O[C@H](CNCC3(O)CCNCC3)C=C[C@H]2N)[C@H](O[C@@H]2O[C@H](CO)[C@@H](O[C@H]3O[C@@H](CN)[C@@H](O)[C@H](O)[C@H]3N)[C@H]2O)[C@H]1O. The monoisotopic (exact) mass is 810 g/mol. The summed E-state index contributed by atoms with van der Waals surface area (Å²) in [5.74, 6) is -1.05. The Morgan fingerprint density at radius 1 is 0.857 bits per heavy atom. The Bertz CT molecular complexity index is 1270. The third kappa shape index (κ3) is 10.6. The van der Waals surface area contributed by atoms with Crippen molar-refractivity contribution in [2.24, 2.45) is 28.7 Å². The smallest absolute Gasteiger partial charge is 0.251 e. The number of piperidine rings is 1. The predicted octanol–water partition coefficient (Wildman–Crippen LogP) is -9.48. The molecule has 19 atom stereocenters. The average Bonchev–Trinajstić information content (AvgIpc) is 3.48. The van der Waals surface area contributed by atoms with Crippen LogP contribution in [0.5, 0.6) is 0 Å². The van der Waals surface area contributed by atoms with Gasteiger partial charge in [0, 0.05) is 32.2 Å². The summed E-state index contributed by atoms with van der Waals surface area (Å²) < 4.78 is 36.0. The van der Waals surface area contributed by atoms with Gasteiger partial charge in [-0.05, 0) is 32.4 Å². The number of hydrogen-bond acceptors (Lipinski definition) is 22. The second kappa shape index (κ2) is 20.1. The number of aliphatic hydroxyl groups is 8. The summed E-state index contributed by atoms with van der Waals surface area (Å²) >= 11 is 0. The lowest BCUT2D eigenvalue weighted by Crippen LogP contribution is -2.67. The fourth-order valence-electron chi connectivity index (χ4n) is 7.56. The number of aliphatic hydroxyl groups excluding tert-OH is 7. The van der Waals surface area contributed by atoms with Crippen LogP contribution in [-0.2, 0) is 33.2 Å². The number of carbonyl (C=O) groups is 1. The number of amides is 1. The van der Waals surface area contributed by atoms with Crippen LogP contribution in [0.2, 0.25) is 0 Å². The molecule has 0 aromatic heterocycles. The number of nitrogens with two attached hydrogens (primary N) is 5. The van der Waals surface area contributed by atoms with Crippen molar-refractivity contribution in [1.29, 1.82) is 0 Å². The highest BCUT2D eigenvalue weighted by atomic mass is 16.8. The summed E-state index contributed by atoms with van der Waals surface area (Å²) in [5.41, 5.74) is 29.2. The quantitative estimate of drug-likeness (QED) is 0.0643. The zero-order valence-electron chi connectivity index (χ0n) is 31.0. The summed E-state index contributed by atoms with van der Waals surface area (Å²) in [4.78, 5) is 12.8. The Labute approximate surface area is 323 Å². The third-order valence-corrected chi connectivity index (χ3v) is 11.1. The summed E-state index contributed by atoms with van der Waals surface area (Å²) in [6.45, 7) is 0.693. The van der Waals surface area contributed by atoms with Gasteiger partial charge >= 0.3 is 0 Å². The summed E-state index contributed by atoms with van der Waals surface area (Å²) in [5, 5.41) is 94.0. The van der Waals surface area contributed by atoms with E-state index < -0.39 is 141 Å². The van der Waals surface area contributed by atoms with Crippen LogP contribution < -0.4 is 44.6 Å². The number of rotatable bonds is 16. The van der Waals surface area contributed by atoms with Gasteiger partial charge in [-0.15, -0.1) is 0 Å². The molecule has 4 heterocycles. The maximum atomic E-state index is 12.8. The first-order valence-corrected chi connectivity index (χ1v) is 19.0. The molecule has 0 bridgehead atoms. The largest absolute Gasteiger partial charge is 0.394 e. The van der Waals surface area contributed by atoms with Gasteiger partial charge in [0.15, 0.2) is 25.0 Å². The molecule has 23 nitrogen and oxygen atoms in total. The minimum Gasteiger partial charge on any atom is -0.394 e. The van der Waals surface area contributed by atoms with E-state index in [2.05, 4.69) is 16.0 Å². The van der Waals surface area contributed by atoms with Crippen LogP contribution in [0, 0.1) is 0 Å². The Morgan fingerprint density at radius 2 is 1.52 bits per heavy atom. The highest BCUT2D eigenvalue weighted by Crippen LogP contribution is 2.34. The van der Waals surface area contributed by atoms with Crippen molar-refractivity contribution >= 4 is 5.91 Å². The van der Waals surface area contributed by atoms with E-state index in [1.807, 2.05) is 0 Å². The van der Waals surface area contributed by atoms with Gasteiger partial charge in [-0.2, -0.15) is 0 Å². The van der Waals surface area contributed by atoms with Crippen LogP contribution in [-0.4, -0.2) is 215 Å². The van der Waals surface area contributed by atoms with Crippen LogP contribution in [0.3, 0.4) is 0 Å². The molecule has 1 amide bonds. The first-order chi connectivity index (χ1) is 26.6. The molecule has 4 fully saturated rings. The summed E-state index contributed by atoms with van der Waals surface area (Å²) in [6.07, 6.45) is -16.6. The van der Waals surface area contributed by atoms with E-state index in [1.54, 1.807) is 12.2 Å². The molecule has 324 valence electrons. The first kappa shape index (κ1) is 45.5. The van der Waals surface area contributed by atoms with Crippen LogP contribution in [0.25, 0.3) is 0 Å². The zero-order valence-corrected chi connectivity index (χ0v) is 31.0.